The maximum absolute atomic E-state index is 13.3. The number of carbonyl (C=O) groups is 4. The van der Waals surface area contributed by atoms with Crippen LogP contribution in [0.15, 0.2) is 73.1 Å². The van der Waals surface area contributed by atoms with E-state index < -0.39 is 11.8 Å². The maximum Gasteiger partial charge on any atom is 0.270 e. The van der Waals surface area contributed by atoms with Crippen molar-refractivity contribution in [1.82, 2.24) is 50.6 Å². The van der Waals surface area contributed by atoms with Crippen LogP contribution in [0.2, 0.25) is 0 Å². The number of ether oxygens (including phenoxy) is 6. The van der Waals surface area contributed by atoms with Gasteiger partial charge in [0.2, 0.25) is 11.5 Å². The summed E-state index contributed by atoms with van der Waals surface area (Å²) in [6.45, 7) is -0.248. The molecular weight excluding hydrogens is 805 g/mol. The molecule has 0 bridgehead atoms. The molecule has 3 aromatic carbocycles. The predicted molar refractivity (Wildman–Crippen MR) is 220 cm³/mol. The minimum Gasteiger partial charge on any atom is -0.493 e. The van der Waals surface area contributed by atoms with Crippen LogP contribution in [0.25, 0.3) is 21.8 Å². The van der Waals surface area contributed by atoms with Crippen LogP contribution in [0, 0.1) is 0 Å². The first-order chi connectivity index (χ1) is 30.0. The normalized spacial score (nSPS) is 10.9. The van der Waals surface area contributed by atoms with E-state index in [1.807, 2.05) is 12.1 Å². The third-order valence-corrected chi connectivity index (χ3v) is 9.60. The number of benzene rings is 3. The van der Waals surface area contributed by atoms with Gasteiger partial charge in [0, 0.05) is 21.9 Å². The van der Waals surface area contributed by atoms with Crippen LogP contribution in [0.3, 0.4) is 0 Å². The molecule has 4 aromatic heterocycles. The van der Waals surface area contributed by atoms with Crippen molar-refractivity contribution in [3.05, 3.63) is 107 Å². The highest BCUT2D eigenvalue weighted by atomic mass is 16.5. The summed E-state index contributed by atoms with van der Waals surface area (Å²) in [5.74, 6) is 0.551. The van der Waals surface area contributed by atoms with E-state index >= 15 is 0 Å². The summed E-state index contributed by atoms with van der Waals surface area (Å²) < 4.78 is 34.8. The van der Waals surface area contributed by atoms with Crippen molar-refractivity contribution in [1.29, 1.82) is 0 Å². The van der Waals surface area contributed by atoms with Gasteiger partial charge < -0.3 is 39.1 Å². The Balaban J connectivity index is 0.980. The lowest BCUT2D eigenvalue weighted by Gasteiger charge is -2.13. The van der Waals surface area contributed by atoms with E-state index in [9.17, 15) is 19.2 Å². The molecule has 0 aliphatic heterocycles. The van der Waals surface area contributed by atoms with Crippen LogP contribution in [-0.2, 0) is 26.2 Å². The minimum absolute atomic E-state index is 0.00617. The molecule has 318 valence electrons. The number of ketones is 2. The maximum atomic E-state index is 13.3. The Labute approximate surface area is 353 Å². The summed E-state index contributed by atoms with van der Waals surface area (Å²) in [4.78, 5) is 62.0. The third-order valence-electron chi connectivity index (χ3n) is 9.60. The number of carbonyl (C=O) groups excluding carboxylic acids is 4. The molecule has 0 aliphatic carbocycles. The monoisotopic (exact) mass is 844 g/mol. The average molecular weight is 845 g/mol. The molecule has 20 nitrogen and oxygen atoms in total. The molecule has 7 rings (SSSR count). The van der Waals surface area contributed by atoms with Gasteiger partial charge in [0.25, 0.3) is 11.8 Å². The second-order valence-electron chi connectivity index (χ2n) is 13.5. The van der Waals surface area contributed by atoms with Crippen LogP contribution in [0.4, 0.5) is 0 Å². The lowest BCUT2D eigenvalue weighted by molar-refractivity contribution is 0.0937. The molecular formula is C42H40N10O10. The topological polar surface area (TPSA) is 235 Å². The van der Waals surface area contributed by atoms with Crippen molar-refractivity contribution in [2.24, 2.45) is 0 Å². The molecule has 20 heteroatoms. The number of nitrogens with one attached hydrogen (secondary N) is 2. The van der Waals surface area contributed by atoms with E-state index in [1.165, 1.54) is 52.0 Å². The van der Waals surface area contributed by atoms with Gasteiger partial charge in [-0.25, -0.2) is 19.3 Å². The van der Waals surface area contributed by atoms with Crippen LogP contribution in [0.5, 0.6) is 34.5 Å². The highest BCUT2D eigenvalue weighted by Crippen LogP contribution is 2.39. The largest absolute Gasteiger partial charge is 0.493 e. The van der Waals surface area contributed by atoms with E-state index in [0.717, 1.165) is 0 Å². The molecule has 0 aliphatic rings. The van der Waals surface area contributed by atoms with Crippen molar-refractivity contribution in [2.45, 2.75) is 26.2 Å². The molecule has 4 heterocycles. The molecule has 2 amide bonds. The van der Waals surface area contributed by atoms with E-state index in [1.54, 1.807) is 60.9 Å². The lowest BCUT2D eigenvalue weighted by Crippen LogP contribution is -2.24. The van der Waals surface area contributed by atoms with Gasteiger partial charge in [-0.3, -0.25) is 19.2 Å². The molecule has 0 unspecified atom stereocenters. The first-order valence-electron chi connectivity index (χ1n) is 18.8. The van der Waals surface area contributed by atoms with Gasteiger partial charge >= 0.3 is 0 Å². The van der Waals surface area contributed by atoms with Crippen molar-refractivity contribution in [3.63, 3.8) is 0 Å². The number of pyridine rings is 2. The van der Waals surface area contributed by atoms with Gasteiger partial charge in [-0.05, 0) is 36.4 Å². The molecule has 0 fully saturated rings. The molecule has 2 N–H and O–H groups in total. The fourth-order valence-electron chi connectivity index (χ4n) is 6.50. The first kappa shape index (κ1) is 42.0. The summed E-state index contributed by atoms with van der Waals surface area (Å²) in [5, 5.41) is 23.2. The zero-order valence-electron chi connectivity index (χ0n) is 34.4. The Kier molecular flexibility index (Phi) is 12.5. The van der Waals surface area contributed by atoms with Crippen LogP contribution in [0.1, 0.15) is 53.1 Å². The van der Waals surface area contributed by atoms with Gasteiger partial charge in [0.15, 0.2) is 34.6 Å². The van der Waals surface area contributed by atoms with Crippen molar-refractivity contribution in [3.8, 4) is 34.5 Å². The molecule has 0 saturated heterocycles. The quantitative estimate of drug-likeness (QED) is 0.0927. The highest BCUT2D eigenvalue weighted by molar-refractivity contribution is 6.06. The summed E-state index contributed by atoms with van der Waals surface area (Å²) in [6, 6.07) is 16.6. The highest BCUT2D eigenvalue weighted by Gasteiger charge is 2.21. The van der Waals surface area contributed by atoms with E-state index in [4.69, 9.17) is 28.4 Å². The van der Waals surface area contributed by atoms with Crippen molar-refractivity contribution < 1.29 is 47.6 Å². The smallest absolute Gasteiger partial charge is 0.270 e. The van der Waals surface area contributed by atoms with Crippen LogP contribution in [-0.4, -0.2) is 106 Å². The van der Waals surface area contributed by atoms with Gasteiger partial charge in [-0.1, -0.05) is 34.7 Å². The number of nitrogens with zero attached hydrogens (tertiary/aromatic N) is 8. The Hall–Kier alpha value is -8.16. The fraction of sp³-hybridized carbons (Fsp3) is 0.238. The molecule has 0 radical (unpaired) electrons. The summed E-state index contributed by atoms with van der Waals surface area (Å²) in [7, 11) is 8.79. The predicted octanol–water partition coefficient (Wildman–Crippen LogP) is 3.64. The third kappa shape index (κ3) is 8.88. The molecule has 0 saturated carbocycles. The van der Waals surface area contributed by atoms with Crippen LogP contribution < -0.4 is 39.1 Å². The van der Waals surface area contributed by atoms with Crippen molar-refractivity contribution >= 4 is 45.2 Å². The number of fused-ring (bicyclic) bond motifs is 3. The van der Waals surface area contributed by atoms with E-state index in [-0.39, 0.29) is 49.1 Å². The summed E-state index contributed by atoms with van der Waals surface area (Å²) >= 11 is 0. The number of hydrogen-bond acceptors (Lipinski definition) is 16. The zero-order chi connectivity index (χ0) is 43.9. The second-order valence-corrected chi connectivity index (χ2v) is 13.5. The fourth-order valence-corrected chi connectivity index (χ4v) is 6.50. The van der Waals surface area contributed by atoms with E-state index in [0.29, 0.717) is 78.8 Å². The minimum atomic E-state index is -0.487. The number of amides is 2. The number of Topliss-reactive ketones (excluding diaryl/α,β-unsaturated/α-hetero) is 2. The SMILES string of the molecule is COc1cc(C(=O)Cn2cc(CNC(=O)c3ccc4ccc5ccc(C(=O)NCc6cn(CC(=O)c7cc(OC)c(OC)c(OC)c7)nn6)nc5c4n3)nn2)cc(OC)c1OC. The Morgan fingerprint density at radius 1 is 0.516 bits per heavy atom. The molecule has 0 atom stereocenters. The zero-order valence-corrected chi connectivity index (χ0v) is 34.4. The van der Waals surface area contributed by atoms with Gasteiger partial charge in [-0.15, -0.1) is 10.2 Å². The van der Waals surface area contributed by atoms with Crippen molar-refractivity contribution in [2.75, 3.05) is 42.7 Å². The van der Waals surface area contributed by atoms with E-state index in [2.05, 4.69) is 41.2 Å². The molecule has 62 heavy (non-hydrogen) atoms. The number of methoxy groups -OCH3 is 6. The Morgan fingerprint density at radius 2 is 0.871 bits per heavy atom. The first-order valence-corrected chi connectivity index (χ1v) is 18.8. The molecule has 0 spiro atoms. The summed E-state index contributed by atoms with van der Waals surface area (Å²) in [6.07, 6.45) is 3.10. The molecule has 7 aromatic rings. The number of hydrogen-bond donors (Lipinski definition) is 2. The summed E-state index contributed by atoms with van der Waals surface area (Å²) in [5.41, 5.74) is 2.52. The average Bonchev–Trinajstić information content (AvgIpc) is 3.96. The Morgan fingerprint density at radius 3 is 1.21 bits per heavy atom. The second kappa shape index (κ2) is 18.4. The van der Waals surface area contributed by atoms with Crippen LogP contribution >= 0.6 is 0 Å². The number of aromatic nitrogens is 8. The standard InChI is InChI=1S/C42H40N10O10/c1-57-33-13-25(14-34(58-2)39(33)61-5)31(53)21-51-19-27(47-49-51)17-43-41(55)29-11-9-23-7-8-24-10-12-30(46-38(24)37(23)45-29)42(56)44-18-28-20-52(50-48-28)22-32(54)26-15-35(59-3)40(62-6)36(16-26)60-4/h7-16,19-20H,17-18,21-22H2,1-6H3,(H,43,55)(H,44,56). The van der Waals surface area contributed by atoms with Gasteiger partial charge in [-0.2, -0.15) is 0 Å². The number of rotatable bonds is 18. The van der Waals surface area contributed by atoms with Gasteiger partial charge in [0.1, 0.15) is 35.9 Å². The lowest BCUT2D eigenvalue weighted by atomic mass is 10.1. The van der Waals surface area contributed by atoms with Gasteiger partial charge in [0.05, 0.1) is 79.2 Å². The Bertz CT molecular complexity index is 2600.